The number of nitrogens with one attached hydrogen (secondary N) is 2. The SMILES string of the molecule is COC(=O)c1ccccc1NC(=O)Cc1ccc(Oc2ccc(OCC3CCCNC3)cc2)cc1. The minimum absolute atomic E-state index is 0.165. The summed E-state index contributed by atoms with van der Waals surface area (Å²) in [6, 6.07) is 21.7. The van der Waals surface area contributed by atoms with Crippen molar-refractivity contribution in [1.29, 1.82) is 0 Å². The molecule has 1 unspecified atom stereocenters. The second kappa shape index (κ2) is 12.0. The molecule has 1 amide bonds. The number of para-hydroxylation sites is 1. The van der Waals surface area contributed by atoms with Gasteiger partial charge in [-0.3, -0.25) is 4.79 Å². The molecular formula is C28H30N2O5. The molecule has 3 aromatic carbocycles. The van der Waals surface area contributed by atoms with Crippen LogP contribution in [0.5, 0.6) is 17.2 Å². The number of carbonyl (C=O) groups is 2. The van der Waals surface area contributed by atoms with Gasteiger partial charge in [-0.05, 0) is 73.5 Å². The van der Waals surface area contributed by atoms with Crippen LogP contribution in [-0.4, -0.2) is 38.7 Å². The van der Waals surface area contributed by atoms with Crippen LogP contribution in [0.2, 0.25) is 0 Å². The Kier molecular flexibility index (Phi) is 8.35. The molecule has 2 N–H and O–H groups in total. The molecule has 7 heteroatoms. The maximum atomic E-state index is 12.5. The lowest BCUT2D eigenvalue weighted by Gasteiger charge is -2.22. The monoisotopic (exact) mass is 474 g/mol. The summed E-state index contributed by atoms with van der Waals surface area (Å²) in [5.74, 6) is 2.05. The van der Waals surface area contributed by atoms with Gasteiger partial charge in [-0.1, -0.05) is 24.3 Å². The third-order valence-electron chi connectivity index (χ3n) is 5.84. The second-order valence-electron chi connectivity index (χ2n) is 8.50. The molecule has 0 aromatic heterocycles. The molecule has 1 heterocycles. The van der Waals surface area contributed by atoms with Crippen LogP contribution >= 0.6 is 0 Å². The number of anilines is 1. The van der Waals surface area contributed by atoms with Gasteiger partial charge >= 0.3 is 5.97 Å². The summed E-state index contributed by atoms with van der Waals surface area (Å²) in [6.07, 6.45) is 2.57. The van der Waals surface area contributed by atoms with E-state index in [1.807, 2.05) is 48.5 Å². The van der Waals surface area contributed by atoms with Crippen molar-refractivity contribution < 1.29 is 23.8 Å². The van der Waals surface area contributed by atoms with Crippen LogP contribution in [0.3, 0.4) is 0 Å². The Bertz CT molecular complexity index is 1120. The molecule has 1 aliphatic heterocycles. The van der Waals surface area contributed by atoms with Crippen molar-refractivity contribution in [3.63, 3.8) is 0 Å². The van der Waals surface area contributed by atoms with Gasteiger partial charge in [-0.2, -0.15) is 0 Å². The van der Waals surface area contributed by atoms with E-state index in [0.29, 0.717) is 28.7 Å². The summed E-state index contributed by atoms with van der Waals surface area (Å²) in [5.41, 5.74) is 1.56. The molecule has 1 aliphatic rings. The third-order valence-corrected chi connectivity index (χ3v) is 5.84. The molecule has 3 aromatic rings. The maximum Gasteiger partial charge on any atom is 0.339 e. The van der Waals surface area contributed by atoms with E-state index in [4.69, 9.17) is 14.2 Å². The number of esters is 1. The first-order valence-electron chi connectivity index (χ1n) is 11.8. The maximum absolute atomic E-state index is 12.5. The summed E-state index contributed by atoms with van der Waals surface area (Å²) < 4.78 is 16.6. The first-order chi connectivity index (χ1) is 17.1. The Hall–Kier alpha value is -3.84. The molecule has 0 bridgehead atoms. The molecule has 7 nitrogen and oxygen atoms in total. The highest BCUT2D eigenvalue weighted by Gasteiger charge is 2.14. The van der Waals surface area contributed by atoms with Crippen molar-refractivity contribution in [2.45, 2.75) is 19.3 Å². The Morgan fingerprint density at radius 3 is 2.31 bits per heavy atom. The average molecular weight is 475 g/mol. The number of methoxy groups -OCH3 is 1. The summed E-state index contributed by atoms with van der Waals surface area (Å²) >= 11 is 0. The van der Waals surface area contributed by atoms with E-state index < -0.39 is 5.97 Å². The number of carbonyl (C=O) groups excluding carboxylic acids is 2. The minimum atomic E-state index is -0.497. The van der Waals surface area contributed by atoms with Crippen LogP contribution in [0, 0.1) is 5.92 Å². The van der Waals surface area contributed by atoms with Gasteiger partial charge in [0.2, 0.25) is 5.91 Å². The van der Waals surface area contributed by atoms with E-state index in [1.165, 1.54) is 20.0 Å². The first-order valence-corrected chi connectivity index (χ1v) is 11.8. The largest absolute Gasteiger partial charge is 0.493 e. The number of benzene rings is 3. The molecular weight excluding hydrogens is 444 g/mol. The lowest BCUT2D eigenvalue weighted by atomic mass is 10.0. The van der Waals surface area contributed by atoms with Gasteiger partial charge in [0.05, 0.1) is 31.4 Å². The zero-order valence-corrected chi connectivity index (χ0v) is 19.8. The van der Waals surface area contributed by atoms with E-state index in [-0.39, 0.29) is 12.3 Å². The quantitative estimate of drug-likeness (QED) is 0.432. The van der Waals surface area contributed by atoms with Crippen molar-refractivity contribution in [1.82, 2.24) is 5.32 Å². The number of rotatable bonds is 9. The number of piperidine rings is 1. The van der Waals surface area contributed by atoms with Gasteiger partial charge in [-0.25, -0.2) is 4.79 Å². The molecule has 0 saturated carbocycles. The normalized spacial score (nSPS) is 15.2. The summed E-state index contributed by atoms with van der Waals surface area (Å²) in [7, 11) is 1.31. The van der Waals surface area contributed by atoms with Crippen molar-refractivity contribution in [3.05, 3.63) is 83.9 Å². The van der Waals surface area contributed by atoms with Crippen LogP contribution in [0.25, 0.3) is 0 Å². The number of hydrogen-bond donors (Lipinski definition) is 2. The van der Waals surface area contributed by atoms with Crippen LogP contribution in [0.15, 0.2) is 72.8 Å². The average Bonchev–Trinajstić information content (AvgIpc) is 2.90. The molecule has 4 rings (SSSR count). The molecule has 0 spiro atoms. The Balaban J connectivity index is 1.27. The Morgan fingerprint density at radius 1 is 0.943 bits per heavy atom. The molecule has 1 saturated heterocycles. The molecule has 0 radical (unpaired) electrons. The van der Waals surface area contributed by atoms with Gasteiger partial charge in [0, 0.05) is 12.5 Å². The van der Waals surface area contributed by atoms with E-state index in [9.17, 15) is 9.59 Å². The second-order valence-corrected chi connectivity index (χ2v) is 8.50. The van der Waals surface area contributed by atoms with E-state index in [0.717, 1.165) is 31.0 Å². The highest BCUT2D eigenvalue weighted by Crippen LogP contribution is 2.25. The fourth-order valence-electron chi connectivity index (χ4n) is 3.96. The smallest absolute Gasteiger partial charge is 0.339 e. The topological polar surface area (TPSA) is 85.9 Å². The zero-order chi connectivity index (χ0) is 24.5. The van der Waals surface area contributed by atoms with Crippen molar-refractivity contribution in [2.24, 2.45) is 5.92 Å². The van der Waals surface area contributed by atoms with Gasteiger partial charge in [0.1, 0.15) is 17.2 Å². The van der Waals surface area contributed by atoms with E-state index in [1.54, 1.807) is 24.3 Å². The lowest BCUT2D eigenvalue weighted by Crippen LogP contribution is -2.33. The first kappa shape index (κ1) is 24.3. The summed E-state index contributed by atoms with van der Waals surface area (Å²) in [4.78, 5) is 24.4. The predicted octanol–water partition coefficient (Wildman–Crippen LogP) is 4.83. The van der Waals surface area contributed by atoms with Crippen LogP contribution < -0.4 is 20.1 Å². The summed E-state index contributed by atoms with van der Waals surface area (Å²) in [6.45, 7) is 2.83. The predicted molar refractivity (Wildman–Crippen MR) is 134 cm³/mol. The minimum Gasteiger partial charge on any atom is -0.493 e. The zero-order valence-electron chi connectivity index (χ0n) is 19.8. The van der Waals surface area contributed by atoms with Crippen molar-refractivity contribution >= 4 is 17.6 Å². The number of ether oxygens (including phenoxy) is 3. The Morgan fingerprint density at radius 2 is 1.63 bits per heavy atom. The molecule has 1 fully saturated rings. The highest BCUT2D eigenvalue weighted by molar-refractivity contribution is 6.01. The molecule has 182 valence electrons. The summed E-state index contributed by atoms with van der Waals surface area (Å²) in [5, 5.41) is 6.18. The van der Waals surface area contributed by atoms with E-state index in [2.05, 4.69) is 10.6 Å². The van der Waals surface area contributed by atoms with Crippen molar-refractivity contribution in [2.75, 3.05) is 32.1 Å². The fraction of sp³-hybridized carbons (Fsp3) is 0.286. The van der Waals surface area contributed by atoms with Gasteiger partial charge in [0.15, 0.2) is 0 Å². The fourth-order valence-corrected chi connectivity index (χ4v) is 3.96. The molecule has 0 aliphatic carbocycles. The third kappa shape index (κ3) is 7.07. The number of hydrogen-bond acceptors (Lipinski definition) is 6. The van der Waals surface area contributed by atoms with Crippen LogP contribution in [-0.2, 0) is 16.0 Å². The molecule has 35 heavy (non-hydrogen) atoms. The van der Waals surface area contributed by atoms with Crippen LogP contribution in [0.4, 0.5) is 5.69 Å². The molecule has 1 atom stereocenters. The lowest BCUT2D eigenvalue weighted by molar-refractivity contribution is -0.115. The highest BCUT2D eigenvalue weighted by atomic mass is 16.5. The van der Waals surface area contributed by atoms with Gasteiger partial charge in [-0.15, -0.1) is 0 Å². The number of amides is 1. The van der Waals surface area contributed by atoms with E-state index >= 15 is 0 Å². The van der Waals surface area contributed by atoms with Crippen molar-refractivity contribution in [3.8, 4) is 17.2 Å². The van der Waals surface area contributed by atoms with Crippen LogP contribution in [0.1, 0.15) is 28.8 Å². The van der Waals surface area contributed by atoms with Gasteiger partial charge < -0.3 is 24.8 Å². The Labute approximate surface area is 205 Å². The van der Waals surface area contributed by atoms with Gasteiger partial charge in [0.25, 0.3) is 0 Å². The standard InChI is InChI=1S/C28H30N2O5/c1-33-28(32)25-6-2-3-7-26(25)30-27(31)17-20-8-10-23(11-9-20)35-24-14-12-22(13-15-24)34-19-21-5-4-16-29-18-21/h2-3,6-15,21,29H,4-5,16-19H2,1H3,(H,30,31).